The first-order valence-corrected chi connectivity index (χ1v) is 9.58. The number of methoxy groups -OCH3 is 1. The van der Waals surface area contributed by atoms with Gasteiger partial charge in [0, 0.05) is 0 Å². The first-order chi connectivity index (χ1) is 14.3. The van der Waals surface area contributed by atoms with E-state index in [-0.39, 0.29) is 19.7 Å². The molecule has 0 aromatic heterocycles. The highest BCUT2D eigenvalue weighted by molar-refractivity contribution is 6.09. The zero-order valence-electron chi connectivity index (χ0n) is 17.2. The molecule has 8 nitrogen and oxygen atoms in total. The number of benzene rings is 2. The van der Waals surface area contributed by atoms with Gasteiger partial charge < -0.3 is 20.1 Å². The van der Waals surface area contributed by atoms with E-state index in [2.05, 4.69) is 10.6 Å². The molecule has 0 bridgehead atoms. The zero-order chi connectivity index (χ0) is 21.7. The van der Waals surface area contributed by atoms with Crippen LogP contribution in [0.3, 0.4) is 0 Å². The van der Waals surface area contributed by atoms with E-state index in [9.17, 15) is 14.4 Å². The number of carbonyl (C=O) groups excluding carboxylic acids is 3. The lowest BCUT2D eigenvalue weighted by Crippen LogP contribution is -2.43. The summed E-state index contributed by atoms with van der Waals surface area (Å²) in [5.74, 6) is 0.473. The minimum Gasteiger partial charge on any atom is -0.497 e. The van der Waals surface area contributed by atoms with Gasteiger partial charge in [0.1, 0.15) is 30.2 Å². The van der Waals surface area contributed by atoms with Crippen molar-refractivity contribution in [2.75, 3.05) is 26.8 Å². The highest BCUT2D eigenvalue weighted by Crippen LogP contribution is 2.28. The summed E-state index contributed by atoms with van der Waals surface area (Å²) >= 11 is 0. The van der Waals surface area contributed by atoms with Crippen LogP contribution in [-0.4, -0.2) is 49.6 Å². The number of amides is 4. The average Bonchev–Trinajstić information content (AvgIpc) is 2.96. The maximum atomic E-state index is 12.9. The van der Waals surface area contributed by atoms with Crippen LogP contribution in [0.25, 0.3) is 0 Å². The van der Waals surface area contributed by atoms with Gasteiger partial charge in [-0.15, -0.1) is 0 Å². The quantitative estimate of drug-likeness (QED) is 0.511. The highest BCUT2D eigenvalue weighted by Gasteiger charge is 2.49. The predicted molar refractivity (Wildman–Crippen MR) is 110 cm³/mol. The molecule has 30 heavy (non-hydrogen) atoms. The summed E-state index contributed by atoms with van der Waals surface area (Å²) in [6.07, 6.45) is 0. The van der Waals surface area contributed by atoms with Crippen molar-refractivity contribution in [3.63, 3.8) is 0 Å². The zero-order valence-corrected chi connectivity index (χ0v) is 17.2. The molecule has 1 aliphatic heterocycles. The van der Waals surface area contributed by atoms with Gasteiger partial charge in [0.05, 0.1) is 13.7 Å². The van der Waals surface area contributed by atoms with Gasteiger partial charge in [-0.25, -0.2) is 4.79 Å². The normalized spacial score (nSPS) is 18.2. The van der Waals surface area contributed by atoms with Gasteiger partial charge in [-0.1, -0.05) is 29.8 Å². The number of imide groups is 1. The first-order valence-electron chi connectivity index (χ1n) is 9.58. The average molecular weight is 411 g/mol. The Balaban J connectivity index is 1.50. The Kier molecular flexibility index (Phi) is 6.25. The van der Waals surface area contributed by atoms with Gasteiger partial charge in [-0.2, -0.15) is 0 Å². The Morgan fingerprint density at radius 3 is 2.33 bits per heavy atom. The number of carbonyl (C=O) groups is 3. The summed E-state index contributed by atoms with van der Waals surface area (Å²) in [5, 5.41) is 5.35. The molecule has 1 unspecified atom stereocenters. The molecular formula is C22H25N3O5. The lowest BCUT2D eigenvalue weighted by molar-refractivity contribution is -0.134. The molecule has 2 aromatic carbocycles. The number of hydrogen-bond donors (Lipinski definition) is 2. The van der Waals surface area contributed by atoms with Crippen LogP contribution in [0.4, 0.5) is 4.79 Å². The Morgan fingerprint density at radius 1 is 1.07 bits per heavy atom. The number of ether oxygens (including phenoxy) is 2. The van der Waals surface area contributed by atoms with Gasteiger partial charge in [0.15, 0.2) is 0 Å². The molecule has 2 N–H and O–H groups in total. The van der Waals surface area contributed by atoms with Crippen molar-refractivity contribution in [3.05, 3.63) is 59.7 Å². The summed E-state index contributed by atoms with van der Waals surface area (Å²) in [6, 6.07) is 13.8. The minimum absolute atomic E-state index is 0.240. The van der Waals surface area contributed by atoms with Crippen LogP contribution >= 0.6 is 0 Å². The highest BCUT2D eigenvalue weighted by atomic mass is 16.5. The molecule has 1 fully saturated rings. The molecule has 1 heterocycles. The molecule has 0 saturated carbocycles. The Hall–Kier alpha value is -3.55. The molecular weight excluding hydrogens is 386 g/mol. The number of hydrogen-bond acceptors (Lipinski definition) is 5. The third-order valence-corrected chi connectivity index (χ3v) is 4.96. The first kappa shape index (κ1) is 21.2. The van der Waals surface area contributed by atoms with Crippen LogP contribution in [0.2, 0.25) is 0 Å². The number of nitrogens with zero attached hydrogens (tertiary/aromatic N) is 1. The van der Waals surface area contributed by atoms with Crippen molar-refractivity contribution < 1.29 is 23.9 Å². The standard InChI is InChI=1S/C22H25N3O5/c1-15-4-6-16(7-5-15)22(2)20(27)25(21(28)24-22)14-19(26)23-12-13-30-18-10-8-17(29-3)9-11-18/h4-11H,12-14H2,1-3H3,(H,23,26)(H,24,28). The maximum Gasteiger partial charge on any atom is 0.325 e. The minimum atomic E-state index is -1.19. The van der Waals surface area contributed by atoms with E-state index in [1.54, 1.807) is 50.4 Å². The number of urea groups is 1. The SMILES string of the molecule is COc1ccc(OCCNC(=O)CN2C(=O)NC(C)(c3ccc(C)cc3)C2=O)cc1. The fourth-order valence-electron chi connectivity index (χ4n) is 3.15. The van der Waals surface area contributed by atoms with E-state index >= 15 is 0 Å². The van der Waals surface area contributed by atoms with Gasteiger partial charge >= 0.3 is 6.03 Å². The second-order valence-corrected chi connectivity index (χ2v) is 7.19. The van der Waals surface area contributed by atoms with Crippen LogP contribution in [0.15, 0.2) is 48.5 Å². The lowest BCUT2D eigenvalue weighted by atomic mass is 9.91. The topological polar surface area (TPSA) is 97.0 Å². The Labute approximate surface area is 175 Å². The van der Waals surface area contributed by atoms with E-state index in [1.165, 1.54) is 0 Å². The smallest absolute Gasteiger partial charge is 0.325 e. The molecule has 0 aliphatic carbocycles. The maximum absolute atomic E-state index is 12.9. The van der Waals surface area contributed by atoms with Crippen molar-refractivity contribution in [3.8, 4) is 11.5 Å². The number of aryl methyl sites for hydroxylation is 1. The van der Waals surface area contributed by atoms with Crippen LogP contribution in [0.5, 0.6) is 11.5 Å². The molecule has 0 spiro atoms. The molecule has 3 rings (SSSR count). The number of rotatable bonds is 8. The molecule has 2 aromatic rings. The summed E-state index contributed by atoms with van der Waals surface area (Å²) in [7, 11) is 1.58. The van der Waals surface area contributed by atoms with Crippen molar-refractivity contribution in [1.29, 1.82) is 0 Å². The van der Waals surface area contributed by atoms with Crippen LogP contribution in [0.1, 0.15) is 18.1 Å². The molecule has 8 heteroatoms. The van der Waals surface area contributed by atoms with E-state index in [0.29, 0.717) is 11.3 Å². The van der Waals surface area contributed by atoms with Crippen LogP contribution < -0.4 is 20.1 Å². The largest absolute Gasteiger partial charge is 0.497 e. The molecule has 4 amide bonds. The van der Waals surface area contributed by atoms with Gasteiger partial charge in [0.2, 0.25) is 5.91 Å². The van der Waals surface area contributed by atoms with E-state index in [0.717, 1.165) is 16.2 Å². The molecule has 1 aliphatic rings. The summed E-state index contributed by atoms with van der Waals surface area (Å²) in [5.41, 5.74) is 0.525. The summed E-state index contributed by atoms with van der Waals surface area (Å²) < 4.78 is 10.6. The van der Waals surface area contributed by atoms with Crippen LogP contribution in [-0.2, 0) is 15.1 Å². The van der Waals surface area contributed by atoms with Gasteiger partial charge in [-0.05, 0) is 43.7 Å². The third kappa shape index (κ3) is 4.53. The molecule has 1 atom stereocenters. The van der Waals surface area contributed by atoms with E-state index in [4.69, 9.17) is 9.47 Å². The van der Waals surface area contributed by atoms with Gasteiger partial charge in [0.25, 0.3) is 5.91 Å². The second-order valence-electron chi connectivity index (χ2n) is 7.19. The van der Waals surface area contributed by atoms with Crippen molar-refractivity contribution >= 4 is 17.8 Å². The molecule has 158 valence electrons. The van der Waals surface area contributed by atoms with Gasteiger partial charge in [-0.3, -0.25) is 14.5 Å². The monoisotopic (exact) mass is 411 g/mol. The van der Waals surface area contributed by atoms with Crippen LogP contribution in [0, 0.1) is 6.92 Å². The third-order valence-electron chi connectivity index (χ3n) is 4.96. The molecule has 1 saturated heterocycles. The fourth-order valence-corrected chi connectivity index (χ4v) is 3.15. The lowest BCUT2D eigenvalue weighted by Gasteiger charge is -2.22. The Morgan fingerprint density at radius 2 is 1.70 bits per heavy atom. The van der Waals surface area contributed by atoms with E-state index in [1.807, 2.05) is 19.1 Å². The van der Waals surface area contributed by atoms with Crippen molar-refractivity contribution in [1.82, 2.24) is 15.5 Å². The molecule has 0 radical (unpaired) electrons. The second kappa shape index (κ2) is 8.86. The van der Waals surface area contributed by atoms with Crippen molar-refractivity contribution in [2.45, 2.75) is 19.4 Å². The summed E-state index contributed by atoms with van der Waals surface area (Å²) in [6.45, 7) is 3.71. The van der Waals surface area contributed by atoms with Crippen molar-refractivity contribution in [2.24, 2.45) is 0 Å². The fraction of sp³-hybridized carbons (Fsp3) is 0.318. The van der Waals surface area contributed by atoms with E-state index < -0.39 is 23.4 Å². The number of nitrogens with one attached hydrogen (secondary N) is 2. The predicted octanol–water partition coefficient (Wildman–Crippen LogP) is 1.97. The Bertz CT molecular complexity index is 927. The summed E-state index contributed by atoms with van der Waals surface area (Å²) in [4.78, 5) is 38.3.